The molecule has 2 rings (SSSR count). The van der Waals surface area contributed by atoms with Gasteiger partial charge in [-0.15, -0.1) is 0 Å². The number of carboxylic acid groups (broad SMARTS) is 1. The smallest absolute Gasteiger partial charge is 0.336 e. The van der Waals surface area contributed by atoms with Gasteiger partial charge in [0.25, 0.3) is 5.69 Å². The number of benzene rings is 1. The first kappa shape index (κ1) is 28.1. The van der Waals surface area contributed by atoms with E-state index in [0.29, 0.717) is 0 Å². The van der Waals surface area contributed by atoms with Gasteiger partial charge < -0.3 is 19.7 Å². The zero-order valence-electron chi connectivity index (χ0n) is 20.3. The van der Waals surface area contributed by atoms with Gasteiger partial charge in [-0.2, -0.15) is 0 Å². The van der Waals surface area contributed by atoms with E-state index in [-0.39, 0.29) is 33.8 Å². The predicted octanol–water partition coefficient (Wildman–Crippen LogP) is 0.838. The number of aliphatic hydroxyl groups is 1. The molecule has 0 fully saturated rings. The van der Waals surface area contributed by atoms with Crippen molar-refractivity contribution in [2.45, 2.75) is 38.8 Å². The number of esters is 2. The van der Waals surface area contributed by atoms with Gasteiger partial charge in [-0.05, 0) is 20.8 Å². The first-order valence-corrected chi connectivity index (χ1v) is 10.7. The highest BCUT2D eigenvalue weighted by Crippen LogP contribution is 2.45. The van der Waals surface area contributed by atoms with Gasteiger partial charge in [0.2, 0.25) is 5.91 Å². The number of carboxylic acids is 1. The zero-order valence-corrected chi connectivity index (χ0v) is 20.3. The van der Waals surface area contributed by atoms with E-state index in [0.717, 1.165) is 19.1 Å². The number of nitrogens with one attached hydrogen (secondary N) is 1. The average Bonchev–Trinajstić information content (AvgIpc) is 2.82. The van der Waals surface area contributed by atoms with Gasteiger partial charge in [-0.25, -0.2) is 9.59 Å². The van der Waals surface area contributed by atoms with E-state index in [2.05, 4.69) is 5.32 Å². The second kappa shape index (κ2) is 11.6. The molecule has 194 valence electrons. The van der Waals surface area contributed by atoms with Crippen molar-refractivity contribution in [1.82, 2.24) is 10.2 Å². The number of aliphatic hydroxyl groups excluding tert-OH is 1. The van der Waals surface area contributed by atoms with Crippen LogP contribution in [0.4, 0.5) is 5.69 Å². The molecule has 1 aromatic carbocycles. The number of carbonyl (C=O) groups excluding carboxylic acids is 3. The molecule has 2 atom stereocenters. The largest absolute Gasteiger partial charge is 0.480 e. The van der Waals surface area contributed by atoms with E-state index in [1.165, 1.54) is 45.0 Å². The summed E-state index contributed by atoms with van der Waals surface area (Å²) < 4.78 is 9.79. The summed E-state index contributed by atoms with van der Waals surface area (Å²) in [6, 6.07) is 4.06. The minimum atomic E-state index is -1.47. The van der Waals surface area contributed by atoms with Gasteiger partial charge in [0.1, 0.15) is 6.04 Å². The van der Waals surface area contributed by atoms with Crippen molar-refractivity contribution in [3.63, 3.8) is 0 Å². The maximum atomic E-state index is 13.2. The van der Waals surface area contributed by atoms with Crippen molar-refractivity contribution in [3.05, 3.63) is 62.5 Å². The van der Waals surface area contributed by atoms with Crippen LogP contribution >= 0.6 is 0 Å². The summed E-state index contributed by atoms with van der Waals surface area (Å²) in [5.41, 5.74) is -0.745. The molecular formula is C23H27N3O10. The van der Waals surface area contributed by atoms with Crippen molar-refractivity contribution in [3.8, 4) is 0 Å². The quantitative estimate of drug-likeness (QED) is 0.245. The minimum Gasteiger partial charge on any atom is -0.480 e. The summed E-state index contributed by atoms with van der Waals surface area (Å²) >= 11 is 0. The molecule has 0 saturated heterocycles. The van der Waals surface area contributed by atoms with Crippen LogP contribution in [0, 0.1) is 10.1 Å². The van der Waals surface area contributed by atoms with E-state index >= 15 is 0 Å². The van der Waals surface area contributed by atoms with Crippen LogP contribution in [0.2, 0.25) is 0 Å². The third-order valence-electron chi connectivity index (χ3n) is 5.75. The summed E-state index contributed by atoms with van der Waals surface area (Å²) in [4.78, 5) is 62.5. The molecule has 13 heteroatoms. The summed E-state index contributed by atoms with van der Waals surface area (Å²) in [5.74, 6) is -5.34. The molecule has 36 heavy (non-hydrogen) atoms. The van der Waals surface area contributed by atoms with Crippen molar-refractivity contribution >= 4 is 29.5 Å². The third kappa shape index (κ3) is 5.42. The van der Waals surface area contributed by atoms with Crippen LogP contribution in [0.15, 0.2) is 46.8 Å². The number of rotatable bonds is 9. The Labute approximate surface area is 206 Å². The fraction of sp³-hybridized carbons (Fsp3) is 0.391. The molecule has 0 bridgehead atoms. The molecule has 0 aromatic heterocycles. The molecule has 1 aromatic rings. The number of hydrogen-bond donors (Lipinski definition) is 3. The van der Waals surface area contributed by atoms with E-state index in [4.69, 9.17) is 9.47 Å². The highest BCUT2D eigenvalue weighted by atomic mass is 16.6. The molecule has 1 amide bonds. The van der Waals surface area contributed by atoms with Crippen LogP contribution in [0.1, 0.15) is 32.3 Å². The molecule has 1 aliphatic rings. The third-order valence-corrected chi connectivity index (χ3v) is 5.75. The molecule has 0 unspecified atom stereocenters. The highest BCUT2D eigenvalue weighted by Gasteiger charge is 2.44. The Balaban J connectivity index is 2.75. The number of nitro benzene ring substituents is 1. The standard InChI is InChI=1S/C23H27N3O10/c1-11-17(22(31)35-4)19(14-8-6-7-9-15(14)26(33)34)18(23(32)36-5)12(2)25(11)16(28)10-24-20(13(3)27)21(29)30/h6-9,13,19-20,24,27H,10H2,1-5H3,(H,29,30)/t13-,20+/m1/s1. The van der Waals surface area contributed by atoms with Gasteiger partial charge in [0.15, 0.2) is 0 Å². The second-order valence-corrected chi connectivity index (χ2v) is 7.90. The molecule has 3 N–H and O–H groups in total. The van der Waals surface area contributed by atoms with Gasteiger partial charge in [0.05, 0.1) is 48.9 Å². The SMILES string of the molecule is COC(=O)C1=C(C)N(C(=O)CN[C@H](C(=O)O)[C@@H](C)O)C(C)=C(C(=O)OC)C1c1ccccc1[N+](=O)[O-]. The van der Waals surface area contributed by atoms with Gasteiger partial charge in [-0.1, -0.05) is 18.2 Å². The lowest BCUT2D eigenvalue weighted by Gasteiger charge is -2.36. The highest BCUT2D eigenvalue weighted by molar-refractivity contribution is 6.02. The molecule has 1 heterocycles. The first-order chi connectivity index (χ1) is 16.9. The van der Waals surface area contributed by atoms with Gasteiger partial charge in [-0.3, -0.25) is 29.9 Å². The Morgan fingerprint density at radius 3 is 2.00 bits per heavy atom. The lowest BCUT2D eigenvalue weighted by molar-refractivity contribution is -0.385. The van der Waals surface area contributed by atoms with E-state index in [1.807, 2.05) is 0 Å². The molecule has 0 aliphatic carbocycles. The van der Waals surface area contributed by atoms with Crippen LogP contribution in [0.5, 0.6) is 0 Å². The number of ether oxygens (including phenoxy) is 2. The number of allylic oxidation sites excluding steroid dienone is 2. The molecule has 1 aliphatic heterocycles. The first-order valence-electron chi connectivity index (χ1n) is 10.7. The van der Waals surface area contributed by atoms with Crippen molar-refractivity contribution in [2.75, 3.05) is 20.8 Å². The van der Waals surface area contributed by atoms with Crippen molar-refractivity contribution in [2.24, 2.45) is 0 Å². The molecule has 0 spiro atoms. The number of nitrogens with zero attached hydrogens (tertiary/aromatic N) is 2. The van der Waals surface area contributed by atoms with Crippen molar-refractivity contribution < 1.29 is 43.8 Å². The Morgan fingerprint density at radius 2 is 1.58 bits per heavy atom. The number of amides is 1. The van der Waals surface area contributed by atoms with Crippen LogP contribution in [0.25, 0.3) is 0 Å². The maximum absolute atomic E-state index is 13.2. The fourth-order valence-corrected chi connectivity index (χ4v) is 4.13. The average molecular weight is 505 g/mol. The molecular weight excluding hydrogens is 478 g/mol. The summed E-state index contributed by atoms with van der Waals surface area (Å²) in [6.45, 7) is 3.44. The van der Waals surface area contributed by atoms with E-state index in [1.54, 1.807) is 0 Å². The predicted molar refractivity (Wildman–Crippen MR) is 123 cm³/mol. The number of para-hydroxylation sites is 1. The Morgan fingerprint density at radius 1 is 1.08 bits per heavy atom. The lowest BCUT2D eigenvalue weighted by atomic mass is 9.79. The Hall–Kier alpha value is -4.10. The van der Waals surface area contributed by atoms with Crippen LogP contribution < -0.4 is 5.32 Å². The second-order valence-electron chi connectivity index (χ2n) is 7.90. The topological polar surface area (TPSA) is 186 Å². The number of methoxy groups -OCH3 is 2. The van der Waals surface area contributed by atoms with Gasteiger partial charge >= 0.3 is 17.9 Å². The normalized spacial score (nSPS) is 15.9. The summed E-state index contributed by atoms with van der Waals surface area (Å²) in [6.07, 6.45) is -1.33. The number of hydrogen-bond acceptors (Lipinski definition) is 10. The lowest BCUT2D eigenvalue weighted by Crippen LogP contribution is -2.49. The summed E-state index contributed by atoms with van der Waals surface area (Å²) in [7, 11) is 2.16. The zero-order chi connectivity index (χ0) is 27.3. The maximum Gasteiger partial charge on any atom is 0.336 e. The number of aliphatic carboxylic acids is 1. The summed E-state index contributed by atoms with van der Waals surface area (Å²) in [5, 5.41) is 33.1. The fourth-order valence-electron chi connectivity index (χ4n) is 4.13. The number of carbonyl (C=O) groups is 4. The monoisotopic (exact) mass is 505 g/mol. The molecule has 13 nitrogen and oxygen atoms in total. The molecule has 0 saturated carbocycles. The van der Waals surface area contributed by atoms with E-state index < -0.39 is 53.3 Å². The van der Waals surface area contributed by atoms with Crippen LogP contribution in [-0.2, 0) is 28.7 Å². The van der Waals surface area contributed by atoms with Crippen LogP contribution in [0.3, 0.4) is 0 Å². The van der Waals surface area contributed by atoms with Crippen LogP contribution in [-0.4, -0.2) is 76.8 Å². The van der Waals surface area contributed by atoms with Crippen molar-refractivity contribution in [1.29, 1.82) is 0 Å². The Kier molecular flexibility index (Phi) is 9.03. The Bertz CT molecular complexity index is 1110. The minimum absolute atomic E-state index is 0.00673. The van der Waals surface area contributed by atoms with Gasteiger partial charge in [0, 0.05) is 23.0 Å². The number of nitro groups is 1. The molecule has 0 radical (unpaired) electrons. The van der Waals surface area contributed by atoms with E-state index in [9.17, 15) is 39.5 Å².